The number of nitrogens with one attached hydrogen (secondary N) is 1. The molecular formula is C26H36N6O5. The fraction of sp³-hybridized carbons (Fsp3) is 0.538. The molecule has 1 aromatic heterocycles. The molecule has 0 bridgehead atoms. The van der Waals surface area contributed by atoms with Gasteiger partial charge < -0.3 is 24.6 Å². The summed E-state index contributed by atoms with van der Waals surface area (Å²) in [5.74, 6) is -0.138. The maximum Gasteiger partial charge on any atom is 0.435 e. The van der Waals surface area contributed by atoms with Crippen molar-refractivity contribution < 1.29 is 23.9 Å². The number of carbonyl (C=O) groups excluding carboxylic acids is 3. The molecule has 3 heterocycles. The molecule has 2 aliphatic rings. The summed E-state index contributed by atoms with van der Waals surface area (Å²) >= 11 is 0. The van der Waals surface area contributed by atoms with E-state index in [0.717, 1.165) is 30.0 Å². The minimum Gasteiger partial charge on any atom is -0.448 e. The van der Waals surface area contributed by atoms with Gasteiger partial charge in [0.25, 0.3) is 5.91 Å². The first kappa shape index (κ1) is 26.5. The topological polar surface area (TPSA) is 109 Å². The quantitative estimate of drug-likeness (QED) is 0.663. The lowest BCUT2D eigenvalue weighted by molar-refractivity contribution is 0.0238. The Bertz CT molecular complexity index is 1170. The second kappa shape index (κ2) is 10.4. The number of likely N-dealkylation sites (N-methyl/N-ethyl adjacent to an activating group) is 1. The van der Waals surface area contributed by atoms with Gasteiger partial charge >= 0.3 is 12.2 Å². The molecule has 2 amide bonds. The number of hydrogen-bond donors (Lipinski definition) is 1. The van der Waals surface area contributed by atoms with Crippen molar-refractivity contribution in [1.29, 1.82) is 0 Å². The second-order valence-electron chi connectivity index (χ2n) is 10.5. The fourth-order valence-corrected chi connectivity index (χ4v) is 4.42. The lowest BCUT2D eigenvalue weighted by Gasteiger charge is -2.39. The van der Waals surface area contributed by atoms with E-state index in [1.54, 1.807) is 39.8 Å². The summed E-state index contributed by atoms with van der Waals surface area (Å²) in [6, 6.07) is 7.90. The number of nitrogens with zero attached hydrogens (tertiary/aromatic N) is 5. The number of rotatable bonds is 4. The maximum atomic E-state index is 13.1. The summed E-state index contributed by atoms with van der Waals surface area (Å²) in [5.41, 5.74) is 1.93. The van der Waals surface area contributed by atoms with Crippen LogP contribution in [0.25, 0.3) is 0 Å². The van der Waals surface area contributed by atoms with E-state index in [2.05, 4.69) is 34.2 Å². The zero-order valence-electron chi connectivity index (χ0n) is 22.4. The Balaban J connectivity index is 1.51. The van der Waals surface area contributed by atoms with Crippen molar-refractivity contribution in [3.05, 3.63) is 41.1 Å². The Kier molecular flexibility index (Phi) is 7.44. The predicted octanol–water partition coefficient (Wildman–Crippen LogP) is 3.53. The Morgan fingerprint density at radius 2 is 1.78 bits per heavy atom. The molecule has 37 heavy (non-hydrogen) atoms. The number of fused-ring (bicyclic) bond motifs is 1. The van der Waals surface area contributed by atoms with Gasteiger partial charge in [0.05, 0.1) is 25.4 Å². The van der Waals surface area contributed by atoms with Crippen molar-refractivity contribution in [3.63, 3.8) is 0 Å². The molecule has 0 saturated carbocycles. The Morgan fingerprint density at radius 3 is 2.41 bits per heavy atom. The normalized spacial score (nSPS) is 17.9. The van der Waals surface area contributed by atoms with Gasteiger partial charge in [-0.3, -0.25) is 9.69 Å². The first-order valence-electron chi connectivity index (χ1n) is 12.6. The number of carbonyl (C=O) groups is 3. The van der Waals surface area contributed by atoms with E-state index in [4.69, 9.17) is 9.47 Å². The van der Waals surface area contributed by atoms with E-state index in [9.17, 15) is 14.4 Å². The molecule has 0 aliphatic carbocycles. The highest BCUT2D eigenvalue weighted by Crippen LogP contribution is 2.31. The van der Waals surface area contributed by atoms with E-state index < -0.39 is 17.8 Å². The third-order valence-electron chi connectivity index (χ3n) is 6.56. The first-order chi connectivity index (χ1) is 17.5. The summed E-state index contributed by atoms with van der Waals surface area (Å²) < 4.78 is 11.7. The van der Waals surface area contributed by atoms with Gasteiger partial charge in [-0.1, -0.05) is 0 Å². The van der Waals surface area contributed by atoms with Crippen LogP contribution in [0.4, 0.5) is 21.1 Å². The van der Waals surface area contributed by atoms with Crippen LogP contribution in [0.1, 0.15) is 56.2 Å². The highest BCUT2D eigenvalue weighted by molar-refractivity contribution is 6.04. The minimum atomic E-state index is -0.670. The van der Waals surface area contributed by atoms with Gasteiger partial charge in [0.1, 0.15) is 5.60 Å². The highest BCUT2D eigenvalue weighted by Gasteiger charge is 2.35. The summed E-state index contributed by atoms with van der Waals surface area (Å²) in [4.78, 5) is 44.4. The molecule has 0 spiro atoms. The Hall–Kier alpha value is -3.60. The van der Waals surface area contributed by atoms with Gasteiger partial charge in [0, 0.05) is 42.5 Å². The standard InChI is InChI=1S/C26H36N6O5/c1-7-36-25(35)32-21-16-31(24(34)37-26(3,4)5)15-20(21)22(28-32)27-23(33)18-8-10-19(11-9-18)30-13-12-29(6)17(2)14-30/h8-11,17H,7,12-16H2,1-6H3,(H,27,28,33). The zero-order chi connectivity index (χ0) is 26.9. The number of ether oxygens (including phenoxy) is 2. The van der Waals surface area contributed by atoms with Gasteiger partial charge in [-0.05, 0) is 65.9 Å². The molecule has 1 aromatic carbocycles. The van der Waals surface area contributed by atoms with E-state index in [-0.39, 0.29) is 31.4 Å². The van der Waals surface area contributed by atoms with Gasteiger partial charge in [-0.2, -0.15) is 4.68 Å². The van der Waals surface area contributed by atoms with E-state index in [0.29, 0.717) is 22.9 Å². The fourth-order valence-electron chi connectivity index (χ4n) is 4.42. The van der Waals surface area contributed by atoms with Crippen LogP contribution in [0.15, 0.2) is 24.3 Å². The van der Waals surface area contributed by atoms with E-state index in [1.165, 1.54) is 4.90 Å². The van der Waals surface area contributed by atoms with Crippen molar-refractivity contribution in [2.45, 2.75) is 59.4 Å². The molecule has 1 saturated heterocycles. The van der Waals surface area contributed by atoms with Crippen LogP contribution in [-0.4, -0.2) is 82.6 Å². The molecule has 2 aromatic rings. The molecule has 1 unspecified atom stereocenters. The first-order valence-corrected chi connectivity index (χ1v) is 12.6. The lowest BCUT2D eigenvalue weighted by Crippen LogP contribution is -2.50. The van der Waals surface area contributed by atoms with Crippen LogP contribution >= 0.6 is 0 Å². The summed E-state index contributed by atoms with van der Waals surface area (Å²) in [5, 5.41) is 7.13. The van der Waals surface area contributed by atoms with Gasteiger partial charge in [-0.25, -0.2) is 9.59 Å². The zero-order valence-corrected chi connectivity index (χ0v) is 22.4. The molecule has 11 nitrogen and oxygen atoms in total. The minimum absolute atomic E-state index is 0.115. The smallest absolute Gasteiger partial charge is 0.435 e. The van der Waals surface area contributed by atoms with Crippen molar-refractivity contribution in [1.82, 2.24) is 19.6 Å². The number of amides is 2. The third-order valence-corrected chi connectivity index (χ3v) is 6.56. The number of aromatic nitrogens is 2. The summed E-state index contributed by atoms with van der Waals surface area (Å²) in [7, 11) is 2.13. The highest BCUT2D eigenvalue weighted by atomic mass is 16.6. The molecule has 1 N–H and O–H groups in total. The monoisotopic (exact) mass is 512 g/mol. The Morgan fingerprint density at radius 1 is 1.08 bits per heavy atom. The van der Waals surface area contributed by atoms with Crippen LogP contribution in [0, 0.1) is 0 Å². The molecular weight excluding hydrogens is 476 g/mol. The maximum absolute atomic E-state index is 13.1. The van der Waals surface area contributed by atoms with Gasteiger partial charge in [-0.15, -0.1) is 5.10 Å². The van der Waals surface area contributed by atoms with E-state index in [1.807, 2.05) is 12.1 Å². The molecule has 1 atom stereocenters. The molecule has 11 heteroatoms. The molecule has 2 aliphatic heterocycles. The van der Waals surface area contributed by atoms with E-state index >= 15 is 0 Å². The number of piperazine rings is 1. The lowest BCUT2D eigenvalue weighted by atomic mass is 10.1. The third kappa shape index (κ3) is 5.87. The molecule has 0 radical (unpaired) electrons. The molecule has 200 valence electrons. The van der Waals surface area contributed by atoms with Crippen LogP contribution in [0.3, 0.4) is 0 Å². The van der Waals surface area contributed by atoms with Crippen molar-refractivity contribution in [2.75, 3.05) is 43.5 Å². The Labute approximate surface area is 217 Å². The second-order valence-corrected chi connectivity index (χ2v) is 10.5. The number of hydrogen-bond acceptors (Lipinski definition) is 8. The van der Waals surface area contributed by atoms with Crippen molar-refractivity contribution >= 4 is 29.6 Å². The van der Waals surface area contributed by atoms with Crippen LogP contribution < -0.4 is 10.2 Å². The molecule has 4 rings (SSSR count). The molecule has 1 fully saturated rings. The van der Waals surface area contributed by atoms with Gasteiger partial charge in [0.15, 0.2) is 5.82 Å². The van der Waals surface area contributed by atoms with Gasteiger partial charge in [0.2, 0.25) is 0 Å². The largest absolute Gasteiger partial charge is 0.448 e. The van der Waals surface area contributed by atoms with Crippen molar-refractivity contribution in [2.24, 2.45) is 0 Å². The van der Waals surface area contributed by atoms with Crippen LogP contribution in [0.5, 0.6) is 0 Å². The predicted molar refractivity (Wildman–Crippen MR) is 139 cm³/mol. The van der Waals surface area contributed by atoms with Crippen LogP contribution in [-0.2, 0) is 22.6 Å². The summed E-state index contributed by atoms with van der Waals surface area (Å²) in [6.45, 7) is 12.5. The SMILES string of the molecule is CCOC(=O)n1nc(NC(=O)c2ccc(N3CCN(C)C(C)C3)cc2)c2c1CN(C(=O)OC(C)(C)C)C2. The number of benzene rings is 1. The van der Waals surface area contributed by atoms with Crippen LogP contribution in [0.2, 0.25) is 0 Å². The average molecular weight is 513 g/mol. The number of anilines is 2. The van der Waals surface area contributed by atoms with Crippen molar-refractivity contribution in [3.8, 4) is 0 Å². The summed E-state index contributed by atoms with van der Waals surface area (Å²) in [6.07, 6.45) is -1.18. The average Bonchev–Trinajstić information content (AvgIpc) is 3.41.